The standard InChI is InChI=1S/C31H53N3O5/c1-10-12-34(13-11-2)31(39)24-16-22(9)15-23(17-24)29(37)33-25(14-19(3)4)27(35)28(36)26(21(7)8)30(38)32-18-20(5)6/h15-17,19-21,25-28,35-36H,10-14,18H2,1-9H3,(H,32,38)(H,33,37)/t25-,26+,27+,28+/m0/s1. The van der Waals surface area contributed by atoms with Crippen LogP contribution in [-0.4, -0.2) is 70.7 Å². The summed E-state index contributed by atoms with van der Waals surface area (Å²) >= 11 is 0. The lowest BCUT2D eigenvalue weighted by atomic mass is 9.83. The van der Waals surface area contributed by atoms with Crippen LogP contribution in [0.3, 0.4) is 0 Å². The first-order valence-electron chi connectivity index (χ1n) is 14.6. The predicted molar refractivity (Wildman–Crippen MR) is 157 cm³/mol. The summed E-state index contributed by atoms with van der Waals surface area (Å²) in [5, 5.41) is 28.2. The minimum absolute atomic E-state index is 0.107. The maximum absolute atomic E-state index is 13.4. The Hall–Kier alpha value is -2.45. The van der Waals surface area contributed by atoms with Crippen molar-refractivity contribution in [2.45, 2.75) is 99.8 Å². The first kappa shape index (κ1) is 34.6. The molecular formula is C31H53N3O5. The van der Waals surface area contributed by atoms with Crippen LogP contribution < -0.4 is 10.6 Å². The molecule has 0 aliphatic heterocycles. The van der Waals surface area contributed by atoms with Gasteiger partial charge in [-0.05, 0) is 67.7 Å². The molecule has 8 nitrogen and oxygen atoms in total. The fourth-order valence-corrected chi connectivity index (χ4v) is 4.84. The van der Waals surface area contributed by atoms with E-state index in [1.165, 1.54) is 0 Å². The minimum atomic E-state index is -1.37. The van der Waals surface area contributed by atoms with E-state index in [1.54, 1.807) is 23.1 Å². The van der Waals surface area contributed by atoms with Crippen molar-refractivity contribution in [1.82, 2.24) is 15.5 Å². The zero-order valence-electron chi connectivity index (χ0n) is 25.6. The zero-order chi connectivity index (χ0) is 29.9. The quantitative estimate of drug-likeness (QED) is 0.248. The zero-order valence-corrected chi connectivity index (χ0v) is 25.6. The van der Waals surface area contributed by atoms with Crippen molar-refractivity contribution >= 4 is 17.7 Å². The Kier molecular flexibility index (Phi) is 14.7. The number of nitrogens with zero attached hydrogens (tertiary/aromatic N) is 1. The third-order valence-electron chi connectivity index (χ3n) is 6.74. The van der Waals surface area contributed by atoms with Crippen molar-refractivity contribution in [2.24, 2.45) is 23.7 Å². The summed E-state index contributed by atoms with van der Waals surface area (Å²) in [6.07, 6.45) is -0.638. The van der Waals surface area contributed by atoms with E-state index in [4.69, 9.17) is 0 Å². The number of aliphatic hydroxyl groups excluding tert-OH is 2. The van der Waals surface area contributed by atoms with Gasteiger partial charge >= 0.3 is 0 Å². The van der Waals surface area contributed by atoms with Crippen LogP contribution in [0, 0.1) is 30.6 Å². The van der Waals surface area contributed by atoms with E-state index < -0.39 is 30.1 Å². The average Bonchev–Trinajstić information content (AvgIpc) is 2.85. The van der Waals surface area contributed by atoms with Crippen LogP contribution in [0.1, 0.15) is 101 Å². The fraction of sp³-hybridized carbons (Fsp3) is 0.710. The van der Waals surface area contributed by atoms with Gasteiger partial charge < -0.3 is 25.7 Å². The van der Waals surface area contributed by atoms with E-state index in [2.05, 4.69) is 10.6 Å². The van der Waals surface area contributed by atoms with Gasteiger partial charge in [-0.2, -0.15) is 0 Å². The van der Waals surface area contributed by atoms with Gasteiger partial charge in [-0.1, -0.05) is 55.4 Å². The molecule has 0 aliphatic carbocycles. The number of benzene rings is 1. The van der Waals surface area contributed by atoms with Gasteiger partial charge in [0.05, 0.1) is 18.1 Å². The van der Waals surface area contributed by atoms with Crippen LogP contribution in [0.15, 0.2) is 18.2 Å². The molecule has 0 saturated heterocycles. The number of rotatable bonds is 16. The summed E-state index contributed by atoms with van der Waals surface area (Å²) < 4.78 is 0. The highest BCUT2D eigenvalue weighted by molar-refractivity contribution is 6.00. The summed E-state index contributed by atoms with van der Waals surface area (Å²) in [6, 6.07) is 4.30. The Morgan fingerprint density at radius 3 is 1.90 bits per heavy atom. The third-order valence-corrected chi connectivity index (χ3v) is 6.74. The lowest BCUT2D eigenvalue weighted by Crippen LogP contribution is -2.54. The first-order valence-corrected chi connectivity index (χ1v) is 14.6. The number of hydrogen-bond donors (Lipinski definition) is 4. The monoisotopic (exact) mass is 547 g/mol. The second kappa shape index (κ2) is 16.6. The van der Waals surface area contributed by atoms with Crippen LogP contribution >= 0.6 is 0 Å². The SMILES string of the molecule is CCCN(CCC)C(=O)c1cc(C)cc(C(=O)N[C@@H](CC(C)C)[C@@H](O)[C@H](O)[C@H](C(=O)NCC(C)C)C(C)C)c1. The second-order valence-corrected chi connectivity index (χ2v) is 12.0. The Labute approximate surface area is 235 Å². The van der Waals surface area contributed by atoms with Gasteiger partial charge in [-0.25, -0.2) is 0 Å². The Balaban J connectivity index is 3.23. The molecule has 0 saturated carbocycles. The van der Waals surface area contributed by atoms with Gasteiger partial charge in [-0.3, -0.25) is 14.4 Å². The molecule has 0 fully saturated rings. The van der Waals surface area contributed by atoms with E-state index in [0.29, 0.717) is 37.2 Å². The van der Waals surface area contributed by atoms with Crippen molar-refractivity contribution < 1.29 is 24.6 Å². The fourth-order valence-electron chi connectivity index (χ4n) is 4.84. The number of hydrogen-bond acceptors (Lipinski definition) is 5. The second-order valence-electron chi connectivity index (χ2n) is 12.0. The molecule has 4 N–H and O–H groups in total. The van der Waals surface area contributed by atoms with Gasteiger partial charge in [0.1, 0.15) is 6.10 Å². The Morgan fingerprint density at radius 2 is 1.41 bits per heavy atom. The molecule has 0 heterocycles. The van der Waals surface area contributed by atoms with Gasteiger partial charge in [0.25, 0.3) is 11.8 Å². The van der Waals surface area contributed by atoms with Gasteiger partial charge in [0.2, 0.25) is 5.91 Å². The molecule has 0 radical (unpaired) electrons. The minimum Gasteiger partial charge on any atom is -0.390 e. The smallest absolute Gasteiger partial charge is 0.253 e. The van der Waals surface area contributed by atoms with E-state index in [1.807, 2.05) is 62.3 Å². The normalized spacial score (nSPS) is 14.7. The topological polar surface area (TPSA) is 119 Å². The molecule has 0 aromatic heterocycles. The first-order chi connectivity index (χ1) is 18.2. The number of nitrogens with one attached hydrogen (secondary N) is 2. The van der Waals surface area contributed by atoms with E-state index in [-0.39, 0.29) is 29.6 Å². The van der Waals surface area contributed by atoms with E-state index >= 15 is 0 Å². The average molecular weight is 548 g/mol. The molecular weight excluding hydrogens is 494 g/mol. The van der Waals surface area contributed by atoms with Crippen molar-refractivity contribution in [3.8, 4) is 0 Å². The van der Waals surface area contributed by atoms with Crippen LogP contribution in [-0.2, 0) is 4.79 Å². The van der Waals surface area contributed by atoms with Crippen LogP contribution in [0.2, 0.25) is 0 Å². The van der Waals surface area contributed by atoms with Gasteiger partial charge in [0, 0.05) is 30.8 Å². The number of carbonyl (C=O) groups excluding carboxylic acids is 3. The van der Waals surface area contributed by atoms with Crippen molar-refractivity contribution in [1.29, 1.82) is 0 Å². The summed E-state index contributed by atoms with van der Waals surface area (Å²) in [4.78, 5) is 41.3. The maximum atomic E-state index is 13.4. The van der Waals surface area contributed by atoms with Crippen molar-refractivity contribution in [2.75, 3.05) is 19.6 Å². The third kappa shape index (κ3) is 10.9. The van der Waals surface area contributed by atoms with Crippen molar-refractivity contribution in [3.05, 3.63) is 34.9 Å². The molecule has 3 amide bonds. The number of amides is 3. The predicted octanol–water partition coefficient (Wildman–Crippen LogP) is 4.17. The summed E-state index contributed by atoms with van der Waals surface area (Å²) in [6.45, 7) is 19.2. The molecule has 1 aromatic rings. The molecule has 222 valence electrons. The van der Waals surface area contributed by atoms with E-state index in [9.17, 15) is 24.6 Å². The maximum Gasteiger partial charge on any atom is 0.253 e. The number of aliphatic hydroxyl groups is 2. The summed E-state index contributed by atoms with van der Waals surface area (Å²) in [5.74, 6) is -1.57. The van der Waals surface area contributed by atoms with E-state index in [0.717, 1.165) is 18.4 Å². The van der Waals surface area contributed by atoms with Crippen LogP contribution in [0.25, 0.3) is 0 Å². The lowest BCUT2D eigenvalue weighted by molar-refractivity contribution is -0.136. The largest absolute Gasteiger partial charge is 0.390 e. The molecule has 8 heteroatoms. The lowest BCUT2D eigenvalue weighted by Gasteiger charge is -2.34. The van der Waals surface area contributed by atoms with Crippen molar-refractivity contribution in [3.63, 3.8) is 0 Å². The molecule has 0 aliphatic rings. The molecule has 4 atom stereocenters. The molecule has 1 aromatic carbocycles. The molecule has 0 bridgehead atoms. The Bertz CT molecular complexity index is 925. The van der Waals surface area contributed by atoms with Gasteiger partial charge in [-0.15, -0.1) is 0 Å². The number of carbonyl (C=O) groups is 3. The highest BCUT2D eigenvalue weighted by Crippen LogP contribution is 2.23. The van der Waals surface area contributed by atoms with Crippen LogP contribution in [0.4, 0.5) is 0 Å². The molecule has 1 rings (SSSR count). The molecule has 0 unspecified atom stereocenters. The van der Waals surface area contributed by atoms with Gasteiger partial charge in [0.15, 0.2) is 0 Å². The molecule has 39 heavy (non-hydrogen) atoms. The highest BCUT2D eigenvalue weighted by Gasteiger charge is 2.38. The molecule has 0 spiro atoms. The highest BCUT2D eigenvalue weighted by atomic mass is 16.3. The summed E-state index contributed by atoms with van der Waals surface area (Å²) in [7, 11) is 0. The van der Waals surface area contributed by atoms with Crippen LogP contribution in [0.5, 0.6) is 0 Å². The Morgan fingerprint density at radius 1 is 0.846 bits per heavy atom. The number of aryl methyl sites for hydroxylation is 1. The summed E-state index contributed by atoms with van der Waals surface area (Å²) in [5.41, 5.74) is 1.54.